The lowest BCUT2D eigenvalue weighted by atomic mass is 9.88. The highest BCUT2D eigenvalue weighted by atomic mass is 16.6. The number of aromatic nitrogens is 2. The second kappa shape index (κ2) is 4.09. The zero-order valence-electron chi connectivity index (χ0n) is 10.8. The predicted octanol–water partition coefficient (Wildman–Crippen LogP) is 2.66. The molecule has 1 N–H and O–H groups in total. The predicted molar refractivity (Wildman–Crippen MR) is 72.0 cm³/mol. The molecule has 0 aliphatic carbocycles. The molecule has 0 saturated heterocycles. The first-order valence-electron chi connectivity index (χ1n) is 6.13. The molecule has 19 heavy (non-hydrogen) atoms. The fraction of sp³-hybridized carbons (Fsp3) is 0.200. The lowest BCUT2D eigenvalue weighted by molar-refractivity contribution is -0.141. The number of hydrogen-bond acceptors (Lipinski definition) is 3. The highest BCUT2D eigenvalue weighted by Crippen LogP contribution is 2.42. The van der Waals surface area contributed by atoms with Crippen LogP contribution >= 0.6 is 0 Å². The normalized spacial score (nSPS) is 17.7. The second-order valence-corrected chi connectivity index (χ2v) is 4.99. The Kier molecular flexibility index (Phi) is 2.52. The van der Waals surface area contributed by atoms with Crippen LogP contribution in [0.15, 0.2) is 42.6 Å². The SMILES string of the molecule is CC1(C)OC(=O)C(c2ccn[nH]2)=C1c1ccccc1. The van der Waals surface area contributed by atoms with E-state index in [0.29, 0.717) is 11.3 Å². The van der Waals surface area contributed by atoms with E-state index in [1.807, 2.05) is 44.2 Å². The number of nitrogens with zero attached hydrogens (tertiary/aromatic N) is 1. The summed E-state index contributed by atoms with van der Waals surface area (Å²) in [5, 5.41) is 6.75. The molecule has 96 valence electrons. The molecule has 2 aromatic rings. The molecular weight excluding hydrogens is 240 g/mol. The molecule has 0 spiro atoms. The average Bonchev–Trinajstić information content (AvgIpc) is 2.95. The Morgan fingerprint density at radius 2 is 1.89 bits per heavy atom. The number of H-pyrrole nitrogens is 1. The van der Waals surface area contributed by atoms with Crippen LogP contribution in [0.3, 0.4) is 0 Å². The maximum atomic E-state index is 12.1. The van der Waals surface area contributed by atoms with Gasteiger partial charge in [-0.3, -0.25) is 5.10 Å². The third-order valence-electron chi connectivity index (χ3n) is 3.24. The lowest BCUT2D eigenvalue weighted by Gasteiger charge is -2.21. The van der Waals surface area contributed by atoms with Crippen LogP contribution in [-0.2, 0) is 9.53 Å². The molecule has 1 aromatic carbocycles. The second-order valence-electron chi connectivity index (χ2n) is 4.99. The first kappa shape index (κ1) is 11.7. The van der Waals surface area contributed by atoms with E-state index in [1.165, 1.54) is 0 Å². The minimum absolute atomic E-state index is 0.312. The zero-order valence-corrected chi connectivity index (χ0v) is 10.8. The highest BCUT2D eigenvalue weighted by molar-refractivity contribution is 6.28. The Bertz CT molecular complexity index is 640. The van der Waals surface area contributed by atoms with Gasteiger partial charge in [-0.05, 0) is 25.5 Å². The van der Waals surface area contributed by atoms with Crippen molar-refractivity contribution in [2.75, 3.05) is 0 Å². The number of aromatic amines is 1. The third kappa shape index (κ3) is 1.85. The Labute approximate surface area is 111 Å². The Morgan fingerprint density at radius 3 is 2.53 bits per heavy atom. The maximum Gasteiger partial charge on any atom is 0.341 e. The number of ether oxygens (including phenoxy) is 1. The number of hydrogen-bond donors (Lipinski definition) is 1. The van der Waals surface area contributed by atoms with E-state index < -0.39 is 5.60 Å². The van der Waals surface area contributed by atoms with Crippen LogP contribution in [0.1, 0.15) is 25.1 Å². The monoisotopic (exact) mass is 254 g/mol. The van der Waals surface area contributed by atoms with Gasteiger partial charge in [0.25, 0.3) is 0 Å². The number of carbonyl (C=O) groups excluding carboxylic acids is 1. The molecule has 2 heterocycles. The molecule has 0 saturated carbocycles. The molecule has 1 aromatic heterocycles. The van der Waals surface area contributed by atoms with E-state index in [2.05, 4.69) is 10.2 Å². The quantitative estimate of drug-likeness (QED) is 0.838. The number of rotatable bonds is 2. The Hall–Kier alpha value is -2.36. The van der Waals surface area contributed by atoms with E-state index in [1.54, 1.807) is 12.3 Å². The largest absolute Gasteiger partial charge is 0.451 e. The summed E-state index contributed by atoms with van der Waals surface area (Å²) >= 11 is 0. The number of nitrogens with one attached hydrogen (secondary N) is 1. The fourth-order valence-corrected chi connectivity index (χ4v) is 2.47. The summed E-state index contributed by atoms with van der Waals surface area (Å²) in [5.41, 5.74) is 2.49. The molecule has 0 bridgehead atoms. The van der Waals surface area contributed by atoms with Gasteiger partial charge in [0, 0.05) is 11.8 Å². The molecule has 4 nitrogen and oxygen atoms in total. The standard InChI is InChI=1S/C15H14N2O2/c1-15(2)13(10-6-4-3-5-7-10)12(14(18)19-15)11-8-9-16-17-11/h3-9H,1-2H3,(H,16,17). The minimum atomic E-state index is -0.640. The van der Waals surface area contributed by atoms with Gasteiger partial charge < -0.3 is 4.74 Å². The van der Waals surface area contributed by atoms with Crippen molar-refractivity contribution in [3.8, 4) is 0 Å². The Balaban J connectivity index is 2.26. The maximum absolute atomic E-state index is 12.1. The molecule has 3 rings (SSSR count). The van der Waals surface area contributed by atoms with Crippen molar-refractivity contribution < 1.29 is 9.53 Å². The molecule has 0 radical (unpaired) electrons. The summed E-state index contributed by atoms with van der Waals surface area (Å²) in [6.07, 6.45) is 1.63. The van der Waals surface area contributed by atoms with Gasteiger partial charge in [-0.1, -0.05) is 30.3 Å². The van der Waals surface area contributed by atoms with E-state index in [4.69, 9.17) is 4.74 Å². The van der Waals surface area contributed by atoms with E-state index in [-0.39, 0.29) is 5.97 Å². The van der Waals surface area contributed by atoms with Crippen LogP contribution in [0.4, 0.5) is 0 Å². The molecule has 0 amide bonds. The average molecular weight is 254 g/mol. The van der Waals surface area contributed by atoms with Crippen molar-refractivity contribution >= 4 is 17.1 Å². The summed E-state index contributed by atoms with van der Waals surface area (Å²) in [6, 6.07) is 11.6. The molecule has 1 aliphatic heterocycles. The van der Waals surface area contributed by atoms with Gasteiger partial charge in [-0.15, -0.1) is 0 Å². The summed E-state index contributed by atoms with van der Waals surface area (Å²) in [5.74, 6) is -0.312. The number of benzene rings is 1. The van der Waals surface area contributed by atoms with Gasteiger partial charge in [0.05, 0.1) is 11.3 Å². The van der Waals surface area contributed by atoms with Gasteiger partial charge in [-0.2, -0.15) is 5.10 Å². The van der Waals surface area contributed by atoms with Crippen LogP contribution in [0, 0.1) is 0 Å². The smallest absolute Gasteiger partial charge is 0.341 e. The summed E-state index contributed by atoms with van der Waals surface area (Å²) in [4.78, 5) is 12.1. The zero-order chi connectivity index (χ0) is 13.5. The summed E-state index contributed by atoms with van der Waals surface area (Å²) in [7, 11) is 0. The van der Waals surface area contributed by atoms with Gasteiger partial charge in [-0.25, -0.2) is 4.79 Å². The van der Waals surface area contributed by atoms with E-state index >= 15 is 0 Å². The van der Waals surface area contributed by atoms with Crippen molar-refractivity contribution in [3.63, 3.8) is 0 Å². The first-order chi connectivity index (χ1) is 9.09. The van der Waals surface area contributed by atoms with Crippen molar-refractivity contribution in [2.24, 2.45) is 0 Å². The van der Waals surface area contributed by atoms with Crippen LogP contribution in [0.5, 0.6) is 0 Å². The Morgan fingerprint density at radius 1 is 1.16 bits per heavy atom. The lowest BCUT2D eigenvalue weighted by Crippen LogP contribution is -2.22. The molecule has 0 fully saturated rings. The van der Waals surface area contributed by atoms with Gasteiger partial charge in [0.1, 0.15) is 5.60 Å². The topological polar surface area (TPSA) is 55.0 Å². The molecule has 0 unspecified atom stereocenters. The number of carbonyl (C=O) groups is 1. The fourth-order valence-electron chi connectivity index (χ4n) is 2.47. The summed E-state index contributed by atoms with van der Waals surface area (Å²) in [6.45, 7) is 3.80. The van der Waals surface area contributed by atoms with Crippen molar-refractivity contribution in [1.82, 2.24) is 10.2 Å². The molecular formula is C15H14N2O2. The molecule has 1 aliphatic rings. The van der Waals surface area contributed by atoms with Gasteiger partial charge in [0.2, 0.25) is 0 Å². The van der Waals surface area contributed by atoms with Crippen LogP contribution in [0.25, 0.3) is 11.1 Å². The van der Waals surface area contributed by atoms with E-state index in [0.717, 1.165) is 11.1 Å². The molecule has 4 heteroatoms. The van der Waals surface area contributed by atoms with Crippen LogP contribution in [-0.4, -0.2) is 21.8 Å². The van der Waals surface area contributed by atoms with Crippen LogP contribution in [0.2, 0.25) is 0 Å². The van der Waals surface area contributed by atoms with E-state index in [9.17, 15) is 4.79 Å². The van der Waals surface area contributed by atoms with Crippen molar-refractivity contribution in [2.45, 2.75) is 19.4 Å². The minimum Gasteiger partial charge on any atom is -0.451 e. The first-order valence-corrected chi connectivity index (χ1v) is 6.13. The third-order valence-corrected chi connectivity index (χ3v) is 3.24. The number of esters is 1. The highest BCUT2D eigenvalue weighted by Gasteiger charge is 2.41. The van der Waals surface area contributed by atoms with Gasteiger partial charge >= 0.3 is 5.97 Å². The van der Waals surface area contributed by atoms with Gasteiger partial charge in [0.15, 0.2) is 0 Å². The number of cyclic esters (lactones) is 1. The van der Waals surface area contributed by atoms with Crippen molar-refractivity contribution in [1.29, 1.82) is 0 Å². The van der Waals surface area contributed by atoms with Crippen LogP contribution < -0.4 is 0 Å². The van der Waals surface area contributed by atoms with Crippen molar-refractivity contribution in [3.05, 3.63) is 53.9 Å². The molecule has 0 atom stereocenters. The summed E-state index contributed by atoms with van der Waals surface area (Å²) < 4.78 is 5.49.